The van der Waals surface area contributed by atoms with Crippen molar-refractivity contribution < 1.29 is 23.2 Å². The first-order chi connectivity index (χ1) is 9.25. The summed E-state index contributed by atoms with van der Waals surface area (Å²) in [6, 6.07) is 0.787. The number of nitrogens with one attached hydrogen (secondary N) is 1. The van der Waals surface area contributed by atoms with E-state index in [0.29, 0.717) is 12.1 Å². The number of amides is 1. The Labute approximate surface area is 113 Å². The van der Waals surface area contributed by atoms with Crippen molar-refractivity contribution in [2.45, 2.75) is 25.8 Å². The zero-order valence-electron chi connectivity index (χ0n) is 10.9. The highest BCUT2D eigenvalue weighted by Crippen LogP contribution is 2.17. The first-order valence-corrected chi connectivity index (χ1v) is 5.70. The molecule has 1 aromatic carbocycles. The van der Waals surface area contributed by atoms with E-state index in [4.69, 9.17) is 10.9 Å². The standard InChI is InChI=1S/C12H14F3N3O2/c1-3-12(2,11(16)18-20)17-10(19)9-7(14)4-6(13)5-8(9)15/h4-5,20H,3H2,1-2H3,(H2,16,18)(H,17,19). The molecule has 4 N–H and O–H groups in total. The van der Waals surface area contributed by atoms with Gasteiger partial charge in [0.05, 0.1) is 5.54 Å². The number of nitrogens with two attached hydrogens (primary N) is 1. The molecule has 5 nitrogen and oxygen atoms in total. The maximum Gasteiger partial charge on any atom is 0.258 e. The summed E-state index contributed by atoms with van der Waals surface area (Å²) in [5, 5.41) is 13.7. The molecular weight excluding hydrogens is 275 g/mol. The van der Waals surface area contributed by atoms with Crippen molar-refractivity contribution in [3.63, 3.8) is 0 Å². The number of hydrogen-bond donors (Lipinski definition) is 3. The zero-order chi connectivity index (χ0) is 15.5. The molecule has 0 heterocycles. The van der Waals surface area contributed by atoms with E-state index >= 15 is 0 Å². The van der Waals surface area contributed by atoms with E-state index in [1.807, 2.05) is 0 Å². The Kier molecular flexibility index (Phi) is 4.59. The molecule has 0 fully saturated rings. The van der Waals surface area contributed by atoms with Gasteiger partial charge in [-0.25, -0.2) is 13.2 Å². The number of hydrogen-bond acceptors (Lipinski definition) is 3. The van der Waals surface area contributed by atoms with E-state index in [1.165, 1.54) is 6.92 Å². The summed E-state index contributed by atoms with van der Waals surface area (Å²) in [7, 11) is 0. The maximum atomic E-state index is 13.5. The van der Waals surface area contributed by atoms with E-state index in [0.717, 1.165) is 0 Å². The molecule has 8 heteroatoms. The second kappa shape index (κ2) is 5.81. The number of rotatable bonds is 4. The van der Waals surface area contributed by atoms with Crippen LogP contribution in [0, 0.1) is 17.5 Å². The number of carbonyl (C=O) groups is 1. The second-order valence-corrected chi connectivity index (χ2v) is 4.37. The van der Waals surface area contributed by atoms with E-state index in [9.17, 15) is 18.0 Å². The molecule has 0 aliphatic rings. The van der Waals surface area contributed by atoms with Crippen LogP contribution in [0.3, 0.4) is 0 Å². The highest BCUT2D eigenvalue weighted by Gasteiger charge is 2.32. The predicted octanol–water partition coefficient (Wildman–Crippen LogP) is 1.75. The van der Waals surface area contributed by atoms with Gasteiger partial charge in [0.2, 0.25) is 0 Å². The highest BCUT2D eigenvalue weighted by molar-refractivity contribution is 6.00. The Morgan fingerprint density at radius 1 is 1.40 bits per heavy atom. The summed E-state index contributed by atoms with van der Waals surface area (Å²) in [5.74, 6) is -5.26. The van der Waals surface area contributed by atoms with Gasteiger partial charge in [-0.2, -0.15) is 0 Å². The lowest BCUT2D eigenvalue weighted by atomic mass is 9.96. The average Bonchev–Trinajstić information content (AvgIpc) is 2.36. The fourth-order valence-electron chi connectivity index (χ4n) is 1.52. The minimum Gasteiger partial charge on any atom is -0.409 e. The van der Waals surface area contributed by atoms with Crippen LogP contribution >= 0.6 is 0 Å². The van der Waals surface area contributed by atoms with Gasteiger partial charge in [0.25, 0.3) is 5.91 Å². The van der Waals surface area contributed by atoms with Crippen molar-refractivity contribution in [3.05, 3.63) is 35.1 Å². The predicted molar refractivity (Wildman–Crippen MR) is 65.9 cm³/mol. The van der Waals surface area contributed by atoms with Crippen molar-refractivity contribution in [1.82, 2.24) is 5.32 Å². The van der Waals surface area contributed by atoms with E-state index < -0.39 is 34.5 Å². The van der Waals surface area contributed by atoms with Crippen LogP contribution in [0.4, 0.5) is 13.2 Å². The van der Waals surface area contributed by atoms with Crippen LogP contribution in [0.2, 0.25) is 0 Å². The van der Waals surface area contributed by atoms with Gasteiger partial charge in [-0.3, -0.25) is 4.79 Å². The third-order valence-corrected chi connectivity index (χ3v) is 3.00. The molecule has 1 amide bonds. The number of nitrogens with zero attached hydrogens (tertiary/aromatic N) is 1. The van der Waals surface area contributed by atoms with Gasteiger partial charge < -0.3 is 16.3 Å². The van der Waals surface area contributed by atoms with Crippen LogP contribution in [0.5, 0.6) is 0 Å². The Bertz CT molecular complexity index is 540. The maximum absolute atomic E-state index is 13.5. The van der Waals surface area contributed by atoms with Crippen molar-refractivity contribution in [2.24, 2.45) is 10.9 Å². The summed E-state index contributed by atoms with van der Waals surface area (Å²) in [5.41, 5.74) is 3.20. The SMILES string of the molecule is CCC(C)(NC(=O)c1c(F)cc(F)cc1F)C(N)=NO. The van der Waals surface area contributed by atoms with Crippen molar-refractivity contribution in [2.75, 3.05) is 0 Å². The summed E-state index contributed by atoms with van der Waals surface area (Å²) in [6.45, 7) is 3.04. The summed E-state index contributed by atoms with van der Waals surface area (Å²) >= 11 is 0. The van der Waals surface area contributed by atoms with E-state index in [1.54, 1.807) is 6.92 Å². The number of amidine groups is 1. The van der Waals surface area contributed by atoms with Crippen LogP contribution in [0.15, 0.2) is 17.3 Å². The normalized spacial score (nSPS) is 14.8. The fraction of sp³-hybridized carbons (Fsp3) is 0.333. The van der Waals surface area contributed by atoms with Crippen LogP contribution in [0.1, 0.15) is 30.6 Å². The van der Waals surface area contributed by atoms with E-state index in [-0.39, 0.29) is 12.3 Å². The van der Waals surface area contributed by atoms with Crippen LogP contribution < -0.4 is 11.1 Å². The van der Waals surface area contributed by atoms with Gasteiger partial charge in [0.1, 0.15) is 23.0 Å². The molecule has 0 spiro atoms. The van der Waals surface area contributed by atoms with Gasteiger partial charge >= 0.3 is 0 Å². The lowest BCUT2D eigenvalue weighted by Crippen LogP contribution is -2.55. The quantitative estimate of drug-likeness (QED) is 0.341. The van der Waals surface area contributed by atoms with Crippen molar-refractivity contribution in [1.29, 1.82) is 0 Å². The van der Waals surface area contributed by atoms with Gasteiger partial charge in [-0.15, -0.1) is 0 Å². The number of oxime groups is 1. The van der Waals surface area contributed by atoms with Gasteiger partial charge in [0.15, 0.2) is 5.84 Å². The third-order valence-electron chi connectivity index (χ3n) is 3.00. The fourth-order valence-corrected chi connectivity index (χ4v) is 1.52. The smallest absolute Gasteiger partial charge is 0.258 e. The third kappa shape index (κ3) is 3.01. The lowest BCUT2D eigenvalue weighted by Gasteiger charge is -2.28. The van der Waals surface area contributed by atoms with Crippen LogP contribution in [0.25, 0.3) is 0 Å². The van der Waals surface area contributed by atoms with Crippen LogP contribution in [-0.2, 0) is 0 Å². The molecule has 1 unspecified atom stereocenters. The Hall–Kier alpha value is -2.25. The molecule has 1 atom stereocenters. The first-order valence-electron chi connectivity index (χ1n) is 5.70. The summed E-state index contributed by atoms with van der Waals surface area (Å²) in [4.78, 5) is 11.9. The number of benzene rings is 1. The molecule has 20 heavy (non-hydrogen) atoms. The molecule has 1 rings (SSSR count). The Morgan fingerprint density at radius 2 is 1.90 bits per heavy atom. The largest absolute Gasteiger partial charge is 0.409 e. The molecule has 0 bridgehead atoms. The molecule has 0 aliphatic carbocycles. The van der Waals surface area contributed by atoms with Crippen molar-refractivity contribution >= 4 is 11.7 Å². The highest BCUT2D eigenvalue weighted by atomic mass is 19.1. The lowest BCUT2D eigenvalue weighted by molar-refractivity contribution is 0.0916. The monoisotopic (exact) mass is 289 g/mol. The van der Waals surface area contributed by atoms with Gasteiger partial charge in [-0.1, -0.05) is 12.1 Å². The molecule has 1 aromatic rings. The molecule has 110 valence electrons. The minimum absolute atomic E-state index is 0.207. The van der Waals surface area contributed by atoms with Gasteiger partial charge in [-0.05, 0) is 13.3 Å². The minimum atomic E-state index is -1.34. The van der Waals surface area contributed by atoms with Crippen molar-refractivity contribution in [3.8, 4) is 0 Å². The second-order valence-electron chi connectivity index (χ2n) is 4.37. The number of carbonyl (C=O) groups excluding carboxylic acids is 1. The molecule has 0 radical (unpaired) electrons. The molecule has 0 aromatic heterocycles. The molecule has 0 saturated carbocycles. The molecule has 0 saturated heterocycles. The molecule has 0 aliphatic heterocycles. The average molecular weight is 289 g/mol. The first kappa shape index (κ1) is 15.8. The molecular formula is C12H14F3N3O2. The van der Waals surface area contributed by atoms with Crippen LogP contribution in [-0.4, -0.2) is 22.5 Å². The summed E-state index contributed by atoms with van der Waals surface area (Å²) < 4.78 is 39.7. The Morgan fingerprint density at radius 3 is 2.30 bits per heavy atom. The van der Waals surface area contributed by atoms with Gasteiger partial charge in [0, 0.05) is 12.1 Å². The summed E-state index contributed by atoms with van der Waals surface area (Å²) in [6.07, 6.45) is 0.207. The Balaban J connectivity index is 3.15. The topological polar surface area (TPSA) is 87.7 Å². The van der Waals surface area contributed by atoms with E-state index in [2.05, 4.69) is 10.5 Å². The number of halogens is 3. The zero-order valence-corrected chi connectivity index (χ0v) is 10.9.